The van der Waals surface area contributed by atoms with E-state index in [1.165, 1.54) is 22.7 Å². The minimum atomic E-state index is -0.133. The molecule has 1 atom stereocenters. The fraction of sp³-hybridized carbons (Fsp3) is 0.200. The molecule has 16 heavy (non-hydrogen) atoms. The van der Waals surface area contributed by atoms with Crippen molar-refractivity contribution in [1.29, 1.82) is 0 Å². The molecule has 0 bridgehead atoms. The molecule has 0 saturated carbocycles. The number of hydrogen-bond donors (Lipinski definition) is 1. The zero-order valence-corrected chi connectivity index (χ0v) is 11.9. The molecule has 86 valence electrons. The first-order chi connectivity index (χ1) is 7.56. The summed E-state index contributed by atoms with van der Waals surface area (Å²) in [7, 11) is 0. The van der Waals surface area contributed by atoms with Crippen molar-refractivity contribution in [2.45, 2.75) is 12.5 Å². The van der Waals surface area contributed by atoms with Crippen molar-refractivity contribution >= 4 is 57.5 Å². The number of rotatable bonds is 3. The van der Waals surface area contributed by atoms with Crippen LogP contribution < -0.4 is 5.73 Å². The number of hydrogen-bond acceptors (Lipinski definition) is 3. The fourth-order valence-corrected chi connectivity index (χ4v) is 4.14. The van der Waals surface area contributed by atoms with Gasteiger partial charge in [-0.1, -0.05) is 34.8 Å². The van der Waals surface area contributed by atoms with E-state index in [1.54, 1.807) is 0 Å². The number of halogens is 3. The van der Waals surface area contributed by atoms with Crippen molar-refractivity contribution in [3.8, 4) is 0 Å². The topological polar surface area (TPSA) is 26.0 Å². The Morgan fingerprint density at radius 1 is 1.12 bits per heavy atom. The molecule has 2 rings (SSSR count). The molecule has 0 fully saturated rings. The van der Waals surface area contributed by atoms with Gasteiger partial charge in [-0.15, -0.1) is 22.7 Å². The smallest absolute Gasteiger partial charge is 0.0992 e. The van der Waals surface area contributed by atoms with Gasteiger partial charge in [0.1, 0.15) is 0 Å². The van der Waals surface area contributed by atoms with Gasteiger partial charge in [0.25, 0.3) is 0 Å². The Hall–Kier alpha value is 0.230. The summed E-state index contributed by atoms with van der Waals surface area (Å²) in [5.41, 5.74) is 6.98. The molecule has 2 N–H and O–H groups in total. The quantitative estimate of drug-likeness (QED) is 0.847. The van der Waals surface area contributed by atoms with Gasteiger partial charge < -0.3 is 5.73 Å². The van der Waals surface area contributed by atoms with Gasteiger partial charge in [-0.05, 0) is 18.2 Å². The highest BCUT2D eigenvalue weighted by molar-refractivity contribution is 7.20. The zero-order valence-electron chi connectivity index (χ0n) is 8.04. The molecule has 0 spiro atoms. The summed E-state index contributed by atoms with van der Waals surface area (Å²) in [5, 5.41) is 0. The SMILES string of the molecule is NC(Cc1ccc(Cl)s1)c1cc(Cl)sc1Cl. The van der Waals surface area contributed by atoms with Gasteiger partial charge in [0.2, 0.25) is 0 Å². The second kappa shape index (κ2) is 5.25. The molecule has 2 aromatic heterocycles. The van der Waals surface area contributed by atoms with E-state index < -0.39 is 0 Å². The molecule has 0 saturated heterocycles. The van der Waals surface area contributed by atoms with Crippen molar-refractivity contribution in [2.75, 3.05) is 0 Å². The third-order valence-corrected chi connectivity index (χ3v) is 4.90. The lowest BCUT2D eigenvalue weighted by atomic mass is 10.1. The van der Waals surface area contributed by atoms with Crippen LogP contribution in [0.1, 0.15) is 16.5 Å². The lowest BCUT2D eigenvalue weighted by Crippen LogP contribution is -2.12. The molecule has 0 amide bonds. The monoisotopic (exact) mass is 311 g/mol. The Morgan fingerprint density at radius 3 is 2.38 bits per heavy atom. The van der Waals surface area contributed by atoms with Crippen LogP contribution in [0.4, 0.5) is 0 Å². The van der Waals surface area contributed by atoms with Crippen LogP contribution in [0.25, 0.3) is 0 Å². The Bertz CT molecular complexity index is 492. The average Bonchev–Trinajstić information content (AvgIpc) is 2.73. The maximum atomic E-state index is 6.08. The zero-order chi connectivity index (χ0) is 11.7. The van der Waals surface area contributed by atoms with E-state index >= 15 is 0 Å². The standard InChI is InChI=1S/C10H8Cl3NS2/c11-8-2-1-5(15-8)3-7(14)6-4-9(12)16-10(6)13/h1-2,4,7H,3,14H2. The molecule has 1 unspecified atom stereocenters. The maximum Gasteiger partial charge on any atom is 0.0992 e. The van der Waals surface area contributed by atoms with Crippen LogP contribution in [-0.2, 0) is 6.42 Å². The Labute approximate surface area is 117 Å². The minimum Gasteiger partial charge on any atom is -0.324 e. The summed E-state index contributed by atoms with van der Waals surface area (Å²) in [5.74, 6) is 0. The predicted molar refractivity (Wildman–Crippen MR) is 74.3 cm³/mol. The van der Waals surface area contributed by atoms with Crippen molar-refractivity contribution in [1.82, 2.24) is 0 Å². The lowest BCUT2D eigenvalue weighted by Gasteiger charge is -2.08. The van der Waals surface area contributed by atoms with Gasteiger partial charge in [0.05, 0.1) is 13.0 Å². The largest absolute Gasteiger partial charge is 0.324 e. The summed E-state index contributed by atoms with van der Waals surface area (Å²) in [6.45, 7) is 0. The highest BCUT2D eigenvalue weighted by Crippen LogP contribution is 2.36. The Balaban J connectivity index is 2.14. The molecular weight excluding hydrogens is 305 g/mol. The van der Waals surface area contributed by atoms with Crippen LogP contribution >= 0.6 is 57.5 Å². The van der Waals surface area contributed by atoms with E-state index in [2.05, 4.69) is 0 Å². The van der Waals surface area contributed by atoms with Crippen molar-refractivity contribution in [2.24, 2.45) is 5.73 Å². The van der Waals surface area contributed by atoms with Crippen molar-refractivity contribution < 1.29 is 0 Å². The van der Waals surface area contributed by atoms with Crippen LogP contribution in [0.2, 0.25) is 13.0 Å². The average molecular weight is 313 g/mol. The molecule has 0 aromatic carbocycles. The highest BCUT2D eigenvalue weighted by atomic mass is 35.5. The molecule has 0 aliphatic rings. The second-order valence-corrected chi connectivity index (χ2v) is 7.38. The number of thiophene rings is 2. The van der Waals surface area contributed by atoms with Crippen molar-refractivity contribution in [3.63, 3.8) is 0 Å². The van der Waals surface area contributed by atoms with Gasteiger partial charge in [0.15, 0.2) is 0 Å². The third-order valence-electron chi connectivity index (χ3n) is 2.13. The lowest BCUT2D eigenvalue weighted by molar-refractivity contribution is 0.733. The fourth-order valence-electron chi connectivity index (χ4n) is 1.39. The van der Waals surface area contributed by atoms with Crippen LogP contribution in [0, 0.1) is 0 Å². The van der Waals surface area contributed by atoms with E-state index in [-0.39, 0.29) is 6.04 Å². The second-order valence-electron chi connectivity index (χ2n) is 3.30. The summed E-state index contributed by atoms with van der Waals surface area (Å²) in [4.78, 5) is 1.15. The molecular formula is C10H8Cl3NS2. The van der Waals surface area contributed by atoms with Gasteiger partial charge in [0, 0.05) is 22.9 Å². The van der Waals surface area contributed by atoms with Gasteiger partial charge >= 0.3 is 0 Å². The maximum absolute atomic E-state index is 6.08. The normalized spacial score (nSPS) is 13.0. The Morgan fingerprint density at radius 2 is 1.88 bits per heavy atom. The first-order valence-corrected chi connectivity index (χ1v) is 7.27. The molecule has 1 nitrogen and oxygen atoms in total. The van der Waals surface area contributed by atoms with Gasteiger partial charge in [-0.2, -0.15) is 0 Å². The van der Waals surface area contributed by atoms with Gasteiger partial charge in [-0.25, -0.2) is 0 Å². The highest BCUT2D eigenvalue weighted by Gasteiger charge is 2.15. The van der Waals surface area contributed by atoms with E-state index in [0.717, 1.165) is 21.2 Å². The first kappa shape index (κ1) is 12.7. The Kier molecular flexibility index (Phi) is 4.16. The first-order valence-electron chi connectivity index (χ1n) is 4.51. The molecule has 2 aromatic rings. The molecule has 2 heterocycles. The van der Waals surface area contributed by atoms with E-state index in [1.807, 2.05) is 18.2 Å². The summed E-state index contributed by atoms with van der Waals surface area (Å²) in [6, 6.07) is 5.55. The molecule has 0 aliphatic heterocycles. The summed E-state index contributed by atoms with van der Waals surface area (Å²) >= 11 is 20.7. The molecule has 6 heteroatoms. The van der Waals surface area contributed by atoms with Crippen LogP contribution in [0.3, 0.4) is 0 Å². The van der Waals surface area contributed by atoms with E-state index in [4.69, 9.17) is 40.5 Å². The molecule has 0 aliphatic carbocycles. The van der Waals surface area contributed by atoms with E-state index in [9.17, 15) is 0 Å². The van der Waals surface area contributed by atoms with Gasteiger partial charge in [-0.3, -0.25) is 0 Å². The van der Waals surface area contributed by atoms with Crippen LogP contribution in [0.15, 0.2) is 18.2 Å². The van der Waals surface area contributed by atoms with Crippen LogP contribution in [-0.4, -0.2) is 0 Å². The van der Waals surface area contributed by atoms with Crippen molar-refractivity contribution in [3.05, 3.63) is 41.6 Å². The molecule has 0 radical (unpaired) electrons. The minimum absolute atomic E-state index is 0.133. The van der Waals surface area contributed by atoms with E-state index in [0.29, 0.717) is 8.67 Å². The van der Waals surface area contributed by atoms with Crippen LogP contribution in [0.5, 0.6) is 0 Å². The summed E-state index contributed by atoms with van der Waals surface area (Å²) < 4.78 is 2.11. The predicted octanol–water partition coefficient (Wildman–Crippen LogP) is 5.01. The third kappa shape index (κ3) is 2.92. The number of nitrogens with two attached hydrogens (primary N) is 1. The summed E-state index contributed by atoms with van der Waals surface area (Å²) in [6.07, 6.45) is 0.726.